The zero-order chi connectivity index (χ0) is 19.3. The largest absolute Gasteiger partial charge is 0.338 e. The van der Waals surface area contributed by atoms with Gasteiger partial charge in [0.2, 0.25) is 0 Å². The van der Waals surface area contributed by atoms with Crippen LogP contribution in [0.1, 0.15) is 30.1 Å². The number of halogens is 1. The molecule has 7 heteroatoms. The molecule has 0 aliphatic carbocycles. The van der Waals surface area contributed by atoms with E-state index in [9.17, 15) is 9.18 Å². The number of benzene rings is 1. The second-order valence-corrected chi connectivity index (χ2v) is 7.67. The average Bonchev–Trinajstić information content (AvgIpc) is 3.33. The molecule has 3 aromatic heterocycles. The number of hydrogen-bond donors (Lipinski definition) is 1. The molecule has 0 atom stereocenters. The summed E-state index contributed by atoms with van der Waals surface area (Å²) in [5, 5.41) is 8.92. The van der Waals surface area contributed by atoms with Crippen molar-refractivity contribution in [2.75, 3.05) is 13.1 Å². The van der Waals surface area contributed by atoms with Gasteiger partial charge in [0.05, 0.1) is 17.3 Å². The highest BCUT2D eigenvalue weighted by molar-refractivity contribution is 5.97. The van der Waals surface area contributed by atoms with Crippen LogP contribution in [0.3, 0.4) is 0 Å². The second-order valence-electron chi connectivity index (χ2n) is 7.67. The molecular weight excluding hydrogens is 357 g/mol. The number of aromatic nitrogens is 4. The number of H-pyrrole nitrogens is 1. The highest BCUT2D eigenvalue weighted by atomic mass is 19.1. The molecule has 1 aliphatic heterocycles. The maximum absolute atomic E-state index is 14.0. The van der Waals surface area contributed by atoms with Crippen LogP contribution in [-0.2, 0) is 0 Å². The first-order chi connectivity index (χ1) is 13.5. The van der Waals surface area contributed by atoms with Crippen molar-refractivity contribution in [3.05, 3.63) is 54.5 Å². The Balaban J connectivity index is 1.45. The summed E-state index contributed by atoms with van der Waals surface area (Å²) in [6.45, 7) is 2.48. The minimum atomic E-state index is -1.17. The van der Waals surface area contributed by atoms with E-state index in [1.165, 1.54) is 0 Å². The fourth-order valence-electron chi connectivity index (χ4n) is 3.79. The summed E-state index contributed by atoms with van der Waals surface area (Å²) in [6.07, 6.45) is 6.10. The number of hydrogen-bond acceptors (Lipinski definition) is 3. The van der Waals surface area contributed by atoms with E-state index in [1.807, 2.05) is 41.1 Å². The van der Waals surface area contributed by atoms with Crippen LogP contribution in [0.2, 0.25) is 0 Å². The highest BCUT2D eigenvalue weighted by Crippen LogP contribution is 2.27. The first-order valence-electron chi connectivity index (χ1n) is 9.39. The van der Waals surface area contributed by atoms with Crippen LogP contribution in [0.5, 0.6) is 0 Å². The lowest BCUT2D eigenvalue weighted by atomic mass is 9.95. The van der Waals surface area contributed by atoms with Crippen LogP contribution in [0.4, 0.5) is 4.39 Å². The van der Waals surface area contributed by atoms with Crippen molar-refractivity contribution in [1.29, 1.82) is 0 Å². The van der Waals surface area contributed by atoms with Crippen molar-refractivity contribution in [2.24, 2.45) is 0 Å². The Morgan fingerprint density at radius 1 is 1.14 bits per heavy atom. The Bertz CT molecular complexity index is 1180. The number of pyridine rings is 1. The SMILES string of the molecule is CC1(F)CCN(C(=O)c2cnc3c(ccn3-c3ccc4[nH]ncc4c3)c2)CC1. The molecule has 0 spiro atoms. The Hall–Kier alpha value is -3.22. The number of amides is 1. The minimum absolute atomic E-state index is 0.0857. The molecule has 28 heavy (non-hydrogen) atoms. The van der Waals surface area contributed by atoms with Crippen LogP contribution in [0, 0.1) is 0 Å². The highest BCUT2D eigenvalue weighted by Gasteiger charge is 2.31. The van der Waals surface area contributed by atoms with Gasteiger partial charge in [-0.25, -0.2) is 9.37 Å². The number of fused-ring (bicyclic) bond motifs is 2. The quantitative estimate of drug-likeness (QED) is 0.577. The monoisotopic (exact) mass is 377 g/mol. The molecule has 6 nitrogen and oxygen atoms in total. The van der Waals surface area contributed by atoms with Crippen LogP contribution >= 0.6 is 0 Å². The Morgan fingerprint density at radius 3 is 2.79 bits per heavy atom. The lowest BCUT2D eigenvalue weighted by Crippen LogP contribution is -2.43. The van der Waals surface area contributed by atoms with Crippen molar-refractivity contribution < 1.29 is 9.18 Å². The molecule has 1 saturated heterocycles. The van der Waals surface area contributed by atoms with Gasteiger partial charge in [-0.05, 0) is 50.1 Å². The molecule has 5 rings (SSSR count). The lowest BCUT2D eigenvalue weighted by molar-refractivity contribution is 0.0504. The van der Waals surface area contributed by atoms with Crippen molar-refractivity contribution in [3.8, 4) is 5.69 Å². The number of nitrogens with zero attached hydrogens (tertiary/aromatic N) is 4. The first kappa shape index (κ1) is 16.9. The number of nitrogens with one attached hydrogen (secondary N) is 1. The van der Waals surface area contributed by atoms with Gasteiger partial charge in [-0.1, -0.05) is 0 Å². The van der Waals surface area contributed by atoms with Crippen molar-refractivity contribution in [3.63, 3.8) is 0 Å². The normalized spacial score (nSPS) is 16.7. The van der Waals surface area contributed by atoms with Gasteiger partial charge < -0.3 is 9.47 Å². The summed E-state index contributed by atoms with van der Waals surface area (Å²) in [6, 6.07) is 9.84. The van der Waals surface area contributed by atoms with Crippen LogP contribution in [-0.4, -0.2) is 49.3 Å². The Kier molecular flexibility index (Phi) is 3.72. The smallest absolute Gasteiger partial charge is 0.255 e. The molecule has 1 amide bonds. The number of piperidine rings is 1. The maximum atomic E-state index is 14.0. The van der Waals surface area contributed by atoms with Gasteiger partial charge in [-0.2, -0.15) is 5.10 Å². The van der Waals surface area contributed by atoms with E-state index >= 15 is 0 Å². The van der Waals surface area contributed by atoms with Crippen LogP contribution < -0.4 is 0 Å². The van der Waals surface area contributed by atoms with Gasteiger partial charge in [0.15, 0.2) is 0 Å². The maximum Gasteiger partial charge on any atom is 0.255 e. The summed E-state index contributed by atoms with van der Waals surface area (Å²) < 4.78 is 16.0. The predicted octanol–water partition coefficient (Wildman–Crippen LogP) is 3.87. The van der Waals surface area contributed by atoms with Crippen LogP contribution in [0.15, 0.2) is 48.9 Å². The third-order valence-corrected chi connectivity index (χ3v) is 5.57. The van der Waals surface area contributed by atoms with Gasteiger partial charge in [-0.15, -0.1) is 0 Å². The molecule has 0 bridgehead atoms. The van der Waals surface area contributed by atoms with Gasteiger partial charge in [0, 0.05) is 41.9 Å². The second kappa shape index (κ2) is 6.15. The van der Waals surface area contributed by atoms with Gasteiger partial charge in [0.1, 0.15) is 11.3 Å². The van der Waals surface area contributed by atoms with Gasteiger partial charge in [-0.3, -0.25) is 9.89 Å². The zero-order valence-electron chi connectivity index (χ0n) is 15.5. The van der Waals surface area contributed by atoms with Crippen molar-refractivity contribution in [2.45, 2.75) is 25.4 Å². The zero-order valence-corrected chi connectivity index (χ0v) is 15.5. The molecule has 4 aromatic rings. The number of carbonyl (C=O) groups excluding carboxylic acids is 1. The standard InChI is InChI=1S/C21H20FN5O/c1-21(22)5-8-26(9-6-21)20(28)16-10-14-4-7-27(19(14)23-12-16)17-2-3-18-15(11-17)13-24-25-18/h2-4,7,10-13H,5-6,8-9H2,1H3,(H,24,25). The molecule has 0 radical (unpaired) electrons. The molecule has 0 unspecified atom stereocenters. The van der Waals surface area contributed by atoms with Gasteiger partial charge >= 0.3 is 0 Å². The molecule has 4 heterocycles. The van der Waals surface area contributed by atoms with Gasteiger partial charge in [0.25, 0.3) is 5.91 Å². The van der Waals surface area contributed by atoms with E-state index in [-0.39, 0.29) is 5.91 Å². The fourth-order valence-corrected chi connectivity index (χ4v) is 3.79. The van der Waals surface area contributed by atoms with E-state index < -0.39 is 5.67 Å². The molecule has 1 fully saturated rings. The third kappa shape index (κ3) is 2.83. The summed E-state index contributed by atoms with van der Waals surface area (Å²) in [5.74, 6) is -0.0857. The topological polar surface area (TPSA) is 66.8 Å². The Morgan fingerprint density at radius 2 is 1.96 bits per heavy atom. The summed E-state index contributed by atoms with van der Waals surface area (Å²) >= 11 is 0. The summed E-state index contributed by atoms with van der Waals surface area (Å²) in [5.41, 5.74) is 2.11. The van der Waals surface area contributed by atoms with E-state index in [4.69, 9.17) is 0 Å². The molecule has 1 N–H and O–H groups in total. The molecule has 1 aliphatic rings. The number of alkyl halides is 1. The summed E-state index contributed by atoms with van der Waals surface area (Å²) in [4.78, 5) is 19.1. The fraction of sp³-hybridized carbons (Fsp3) is 0.286. The molecule has 142 valence electrons. The van der Waals surface area contributed by atoms with E-state index in [0.717, 1.165) is 27.6 Å². The third-order valence-electron chi connectivity index (χ3n) is 5.57. The minimum Gasteiger partial charge on any atom is -0.338 e. The Labute approximate surface area is 161 Å². The number of rotatable bonds is 2. The van der Waals surface area contributed by atoms with Crippen molar-refractivity contribution >= 4 is 27.8 Å². The average molecular weight is 377 g/mol. The molecular formula is C21H20FN5O. The van der Waals surface area contributed by atoms with E-state index in [1.54, 1.807) is 24.2 Å². The van der Waals surface area contributed by atoms with Crippen LogP contribution in [0.25, 0.3) is 27.6 Å². The summed E-state index contributed by atoms with van der Waals surface area (Å²) in [7, 11) is 0. The first-order valence-corrected chi connectivity index (χ1v) is 9.39. The number of likely N-dealkylation sites (tertiary alicyclic amines) is 1. The van der Waals surface area contributed by atoms with E-state index in [0.29, 0.717) is 31.5 Å². The number of carbonyl (C=O) groups is 1. The molecule has 1 aromatic carbocycles. The lowest BCUT2D eigenvalue weighted by Gasteiger charge is -2.34. The predicted molar refractivity (Wildman–Crippen MR) is 105 cm³/mol. The van der Waals surface area contributed by atoms with E-state index in [2.05, 4.69) is 15.2 Å². The van der Waals surface area contributed by atoms with Crippen molar-refractivity contribution in [1.82, 2.24) is 24.6 Å². The number of aromatic amines is 1. The molecule has 0 saturated carbocycles.